The monoisotopic (exact) mass is 378 g/mol. The number of hydrogen-bond donors (Lipinski definition) is 0. The van der Waals surface area contributed by atoms with Gasteiger partial charge in [0.1, 0.15) is 17.3 Å². The number of rotatable bonds is 6. The number of benzene rings is 3. The highest BCUT2D eigenvalue weighted by Gasteiger charge is 2.12. The van der Waals surface area contributed by atoms with E-state index in [9.17, 15) is 14.0 Å². The summed E-state index contributed by atoms with van der Waals surface area (Å²) in [4.78, 5) is 24.3. The largest absolute Gasteiger partial charge is 0.423 e. The molecular formula is C23H19FO4. The quantitative estimate of drug-likeness (QED) is 0.436. The van der Waals surface area contributed by atoms with Crippen molar-refractivity contribution in [2.24, 2.45) is 0 Å². The summed E-state index contributed by atoms with van der Waals surface area (Å²) in [6.07, 6.45) is 2.00. The highest BCUT2D eigenvalue weighted by Crippen LogP contribution is 2.18. The molecule has 0 unspecified atom stereocenters. The molecule has 0 aliphatic heterocycles. The van der Waals surface area contributed by atoms with Crippen LogP contribution >= 0.6 is 0 Å². The van der Waals surface area contributed by atoms with E-state index < -0.39 is 17.8 Å². The zero-order chi connectivity index (χ0) is 19.9. The molecule has 3 aromatic carbocycles. The molecule has 0 heterocycles. The lowest BCUT2D eigenvalue weighted by Crippen LogP contribution is -2.10. The maximum absolute atomic E-state index is 12.9. The number of carbonyl (C=O) groups excluding carboxylic acids is 2. The highest BCUT2D eigenvalue weighted by atomic mass is 19.1. The average molecular weight is 378 g/mol. The van der Waals surface area contributed by atoms with Gasteiger partial charge in [0, 0.05) is 0 Å². The van der Waals surface area contributed by atoms with Gasteiger partial charge in [-0.3, -0.25) is 0 Å². The summed E-state index contributed by atoms with van der Waals surface area (Å²) >= 11 is 0. The fraction of sp³-hybridized carbons (Fsp3) is 0.130. The van der Waals surface area contributed by atoms with Gasteiger partial charge < -0.3 is 9.47 Å². The standard InChI is InChI=1S/C23H19FO4/c1-2-3-16-4-6-17(7-5-16)22(25)27-20-12-8-18(9-13-20)23(26)28-21-14-10-19(24)11-15-21/h4-15H,2-3H2,1H3. The second kappa shape index (κ2) is 8.95. The van der Waals surface area contributed by atoms with Gasteiger partial charge in [-0.2, -0.15) is 0 Å². The summed E-state index contributed by atoms with van der Waals surface area (Å²) in [5.41, 5.74) is 1.91. The molecule has 28 heavy (non-hydrogen) atoms. The van der Waals surface area contributed by atoms with E-state index in [2.05, 4.69) is 6.92 Å². The first-order chi connectivity index (χ1) is 13.5. The fourth-order valence-corrected chi connectivity index (χ4v) is 2.59. The Labute approximate surface area is 162 Å². The Morgan fingerprint density at radius 1 is 0.714 bits per heavy atom. The summed E-state index contributed by atoms with van der Waals surface area (Å²) < 4.78 is 23.4. The van der Waals surface area contributed by atoms with Gasteiger partial charge in [0.05, 0.1) is 11.1 Å². The smallest absolute Gasteiger partial charge is 0.343 e. The Morgan fingerprint density at radius 2 is 1.14 bits per heavy atom. The van der Waals surface area contributed by atoms with Crippen LogP contribution < -0.4 is 9.47 Å². The molecule has 0 aromatic heterocycles. The van der Waals surface area contributed by atoms with Crippen LogP contribution in [0.1, 0.15) is 39.6 Å². The van der Waals surface area contributed by atoms with Gasteiger partial charge in [-0.25, -0.2) is 14.0 Å². The molecule has 0 amide bonds. The van der Waals surface area contributed by atoms with Crippen molar-refractivity contribution >= 4 is 11.9 Å². The lowest BCUT2D eigenvalue weighted by atomic mass is 10.1. The lowest BCUT2D eigenvalue weighted by Gasteiger charge is -2.07. The number of esters is 2. The summed E-state index contributed by atoms with van der Waals surface area (Å²) in [6, 6.07) is 18.5. The van der Waals surface area contributed by atoms with Crippen molar-refractivity contribution in [3.8, 4) is 11.5 Å². The van der Waals surface area contributed by atoms with Gasteiger partial charge in [0.15, 0.2) is 0 Å². The second-order valence-electron chi connectivity index (χ2n) is 6.20. The molecule has 3 rings (SSSR count). The molecule has 0 radical (unpaired) electrons. The molecule has 0 aliphatic carbocycles. The molecule has 0 N–H and O–H groups in total. The predicted molar refractivity (Wildman–Crippen MR) is 103 cm³/mol. The van der Waals surface area contributed by atoms with Crippen LogP contribution in [0.2, 0.25) is 0 Å². The minimum absolute atomic E-state index is 0.244. The molecule has 4 nitrogen and oxygen atoms in total. The lowest BCUT2D eigenvalue weighted by molar-refractivity contribution is 0.0730. The Bertz CT molecular complexity index is 945. The zero-order valence-electron chi connectivity index (χ0n) is 15.4. The van der Waals surface area contributed by atoms with Crippen LogP contribution in [0.15, 0.2) is 72.8 Å². The topological polar surface area (TPSA) is 52.6 Å². The van der Waals surface area contributed by atoms with Gasteiger partial charge in [-0.1, -0.05) is 25.5 Å². The fourth-order valence-electron chi connectivity index (χ4n) is 2.59. The van der Waals surface area contributed by atoms with Crippen LogP contribution in [-0.2, 0) is 6.42 Å². The van der Waals surface area contributed by atoms with Crippen LogP contribution in [0, 0.1) is 5.82 Å². The van der Waals surface area contributed by atoms with E-state index in [1.165, 1.54) is 54.1 Å². The van der Waals surface area contributed by atoms with Crippen molar-refractivity contribution in [1.82, 2.24) is 0 Å². The van der Waals surface area contributed by atoms with Crippen molar-refractivity contribution in [3.05, 3.63) is 95.3 Å². The number of aryl methyl sites for hydroxylation is 1. The van der Waals surface area contributed by atoms with E-state index in [4.69, 9.17) is 9.47 Å². The summed E-state index contributed by atoms with van der Waals surface area (Å²) in [5.74, 6) is -0.902. The Morgan fingerprint density at radius 3 is 1.61 bits per heavy atom. The highest BCUT2D eigenvalue weighted by molar-refractivity contribution is 5.92. The first-order valence-corrected chi connectivity index (χ1v) is 8.94. The molecule has 3 aromatic rings. The van der Waals surface area contributed by atoms with Crippen molar-refractivity contribution in [1.29, 1.82) is 0 Å². The molecule has 0 spiro atoms. The van der Waals surface area contributed by atoms with E-state index in [0.29, 0.717) is 11.3 Å². The molecule has 0 saturated heterocycles. The summed E-state index contributed by atoms with van der Waals surface area (Å²) in [5, 5.41) is 0. The summed E-state index contributed by atoms with van der Waals surface area (Å²) in [6.45, 7) is 2.10. The van der Waals surface area contributed by atoms with Crippen LogP contribution in [-0.4, -0.2) is 11.9 Å². The molecule has 0 saturated carbocycles. The van der Waals surface area contributed by atoms with Crippen LogP contribution in [0.3, 0.4) is 0 Å². The predicted octanol–water partition coefficient (Wildman–Crippen LogP) is 5.22. The summed E-state index contributed by atoms with van der Waals surface area (Å²) in [7, 11) is 0. The first kappa shape index (κ1) is 19.3. The van der Waals surface area contributed by atoms with Crippen LogP contribution in [0.5, 0.6) is 11.5 Å². The minimum atomic E-state index is -0.587. The third kappa shape index (κ3) is 5.04. The number of hydrogen-bond acceptors (Lipinski definition) is 4. The maximum Gasteiger partial charge on any atom is 0.343 e. The number of halogens is 1. The Hall–Kier alpha value is -3.47. The van der Waals surface area contributed by atoms with Gasteiger partial charge in [-0.15, -0.1) is 0 Å². The molecule has 142 valence electrons. The van der Waals surface area contributed by atoms with E-state index in [-0.39, 0.29) is 11.3 Å². The zero-order valence-corrected chi connectivity index (χ0v) is 15.4. The normalized spacial score (nSPS) is 10.4. The second-order valence-corrected chi connectivity index (χ2v) is 6.20. The number of ether oxygens (including phenoxy) is 2. The molecule has 0 aliphatic rings. The minimum Gasteiger partial charge on any atom is -0.423 e. The first-order valence-electron chi connectivity index (χ1n) is 8.94. The van der Waals surface area contributed by atoms with Gasteiger partial charge in [0.25, 0.3) is 0 Å². The van der Waals surface area contributed by atoms with Crippen molar-refractivity contribution < 1.29 is 23.5 Å². The average Bonchev–Trinajstić information content (AvgIpc) is 2.71. The number of carbonyl (C=O) groups is 2. The van der Waals surface area contributed by atoms with Gasteiger partial charge in [-0.05, 0) is 72.6 Å². The SMILES string of the molecule is CCCc1ccc(C(=O)Oc2ccc(C(=O)Oc3ccc(F)cc3)cc2)cc1. The van der Waals surface area contributed by atoms with Crippen LogP contribution in [0.25, 0.3) is 0 Å². The molecule has 0 atom stereocenters. The molecular weight excluding hydrogens is 359 g/mol. The maximum atomic E-state index is 12.9. The third-order valence-corrected chi connectivity index (χ3v) is 4.05. The Kier molecular flexibility index (Phi) is 6.17. The van der Waals surface area contributed by atoms with E-state index in [0.717, 1.165) is 12.8 Å². The van der Waals surface area contributed by atoms with E-state index in [1.54, 1.807) is 12.1 Å². The van der Waals surface area contributed by atoms with E-state index >= 15 is 0 Å². The van der Waals surface area contributed by atoms with E-state index in [1.807, 2.05) is 12.1 Å². The Balaban J connectivity index is 1.61. The van der Waals surface area contributed by atoms with Crippen LogP contribution in [0.4, 0.5) is 4.39 Å². The van der Waals surface area contributed by atoms with Gasteiger partial charge in [0.2, 0.25) is 0 Å². The van der Waals surface area contributed by atoms with Crippen molar-refractivity contribution in [3.63, 3.8) is 0 Å². The molecule has 0 fully saturated rings. The van der Waals surface area contributed by atoms with Crippen molar-refractivity contribution in [2.75, 3.05) is 0 Å². The molecule has 0 bridgehead atoms. The van der Waals surface area contributed by atoms with Gasteiger partial charge >= 0.3 is 11.9 Å². The third-order valence-electron chi connectivity index (χ3n) is 4.05. The molecule has 5 heteroatoms. The van der Waals surface area contributed by atoms with Crippen molar-refractivity contribution in [2.45, 2.75) is 19.8 Å².